The van der Waals surface area contributed by atoms with Gasteiger partial charge in [-0.25, -0.2) is 0 Å². The van der Waals surface area contributed by atoms with Gasteiger partial charge in [-0.05, 0) is 35.8 Å². The van der Waals surface area contributed by atoms with Crippen LogP contribution in [0, 0.1) is 0 Å². The molecule has 1 atom stereocenters. The number of nitrogens with one attached hydrogen (secondary N) is 1. The average molecular weight is 372 g/mol. The van der Waals surface area contributed by atoms with Gasteiger partial charge in [0, 0.05) is 12.1 Å². The Balaban J connectivity index is 1.98. The van der Waals surface area contributed by atoms with Crippen molar-refractivity contribution in [3.8, 4) is 11.5 Å². The highest BCUT2D eigenvalue weighted by Crippen LogP contribution is 2.38. The van der Waals surface area contributed by atoms with E-state index in [4.69, 9.17) is 33.2 Å². The lowest BCUT2D eigenvalue weighted by atomic mass is 9.97. The molecule has 1 unspecified atom stereocenters. The number of methoxy groups -OCH3 is 2. The van der Waals surface area contributed by atoms with Crippen LogP contribution in [0.5, 0.6) is 11.5 Å². The minimum Gasteiger partial charge on any atom is -0.492 e. The minimum absolute atomic E-state index is 0.0919. The van der Waals surface area contributed by atoms with E-state index >= 15 is 0 Å². The number of nitrogens with two attached hydrogens (primary N) is 2. The van der Waals surface area contributed by atoms with Crippen molar-refractivity contribution in [2.75, 3.05) is 26.5 Å². The third-order valence-electron chi connectivity index (χ3n) is 4.65. The van der Waals surface area contributed by atoms with Crippen molar-refractivity contribution < 1.29 is 9.47 Å². The summed E-state index contributed by atoms with van der Waals surface area (Å²) in [6.45, 7) is 1.34. The summed E-state index contributed by atoms with van der Waals surface area (Å²) in [5, 5.41) is 3.83. The number of rotatable bonds is 5. The summed E-state index contributed by atoms with van der Waals surface area (Å²) in [6, 6.07) is 12.1. The van der Waals surface area contributed by atoms with Gasteiger partial charge in [0.1, 0.15) is 6.17 Å². The lowest BCUT2D eigenvalue weighted by molar-refractivity contribution is 0.248. The van der Waals surface area contributed by atoms with Gasteiger partial charge in [-0.3, -0.25) is 5.32 Å². The summed E-state index contributed by atoms with van der Waals surface area (Å²) in [4.78, 5) is 1.96. The molecule has 0 saturated carbocycles. The molecule has 2 aromatic rings. The molecular formula is C19H24N4O2S. The molecule has 0 radical (unpaired) electrons. The third kappa shape index (κ3) is 3.40. The molecule has 0 bridgehead atoms. The van der Waals surface area contributed by atoms with Crippen molar-refractivity contribution in [3.05, 3.63) is 53.1 Å². The van der Waals surface area contributed by atoms with Crippen LogP contribution >= 0.6 is 12.2 Å². The number of nitrogens with zero attached hydrogens (tertiary/aromatic N) is 1. The van der Waals surface area contributed by atoms with Crippen molar-refractivity contribution in [1.29, 1.82) is 0 Å². The molecule has 1 aliphatic heterocycles. The second-order valence-corrected chi connectivity index (χ2v) is 6.57. The van der Waals surface area contributed by atoms with Crippen molar-refractivity contribution >= 4 is 23.0 Å². The fraction of sp³-hybridized carbons (Fsp3) is 0.316. The van der Waals surface area contributed by atoms with Crippen LogP contribution in [0.1, 0.15) is 22.9 Å². The molecule has 6 nitrogen and oxygen atoms in total. The van der Waals surface area contributed by atoms with E-state index in [1.54, 1.807) is 20.3 Å². The van der Waals surface area contributed by atoms with Gasteiger partial charge in [0.15, 0.2) is 16.6 Å². The van der Waals surface area contributed by atoms with Crippen LogP contribution in [-0.4, -0.2) is 30.8 Å². The average Bonchev–Trinajstić information content (AvgIpc) is 2.66. The topological polar surface area (TPSA) is 85.8 Å². The molecule has 7 heteroatoms. The van der Waals surface area contributed by atoms with Crippen LogP contribution in [-0.2, 0) is 13.0 Å². The Hall–Kier alpha value is -2.51. The highest BCUT2D eigenvalue weighted by Gasteiger charge is 2.27. The van der Waals surface area contributed by atoms with Gasteiger partial charge in [-0.1, -0.05) is 30.3 Å². The largest absolute Gasteiger partial charge is 0.492 e. The van der Waals surface area contributed by atoms with Gasteiger partial charge in [-0.15, -0.1) is 0 Å². The zero-order valence-electron chi connectivity index (χ0n) is 15.0. The van der Waals surface area contributed by atoms with E-state index in [9.17, 15) is 0 Å². The highest BCUT2D eigenvalue weighted by atomic mass is 32.1. The van der Waals surface area contributed by atoms with Crippen LogP contribution in [0.3, 0.4) is 0 Å². The number of nitrogen functional groups attached to an aromatic ring is 1. The summed E-state index contributed by atoms with van der Waals surface area (Å²) in [7, 11) is 3.17. The maximum absolute atomic E-state index is 6.09. The lowest BCUT2D eigenvalue weighted by Crippen LogP contribution is -2.47. The van der Waals surface area contributed by atoms with E-state index in [1.165, 1.54) is 11.1 Å². The SMILES string of the molecule is COc1c(N)ccc(CN(C(N)=S)C2NCCc3ccccc32)c1OC. The molecule has 0 amide bonds. The summed E-state index contributed by atoms with van der Waals surface area (Å²) in [5.74, 6) is 1.11. The number of hydrogen-bond donors (Lipinski definition) is 3. The Morgan fingerprint density at radius 1 is 1.19 bits per heavy atom. The molecule has 138 valence electrons. The molecule has 0 saturated heterocycles. The van der Waals surface area contributed by atoms with E-state index in [0.717, 1.165) is 18.5 Å². The van der Waals surface area contributed by atoms with E-state index in [2.05, 4.69) is 23.5 Å². The Kier molecular flexibility index (Phi) is 5.49. The number of anilines is 1. The summed E-state index contributed by atoms with van der Waals surface area (Å²) >= 11 is 5.36. The van der Waals surface area contributed by atoms with Crippen molar-refractivity contribution in [2.24, 2.45) is 5.73 Å². The molecule has 0 aliphatic carbocycles. The number of ether oxygens (including phenoxy) is 2. The second kappa shape index (κ2) is 7.80. The van der Waals surface area contributed by atoms with Crippen molar-refractivity contribution in [2.45, 2.75) is 19.1 Å². The van der Waals surface area contributed by atoms with E-state index < -0.39 is 0 Å². The second-order valence-electron chi connectivity index (χ2n) is 6.15. The quantitative estimate of drug-likeness (QED) is 0.548. The standard InChI is InChI=1S/C19H24N4O2S/c1-24-16-13(7-8-15(20)17(16)25-2)11-23(19(21)26)18-14-6-4-3-5-12(14)9-10-22-18/h3-8,18,22H,9-11,20H2,1-2H3,(H2,21,26). The Bertz CT molecular complexity index is 812. The Morgan fingerprint density at radius 2 is 1.92 bits per heavy atom. The monoisotopic (exact) mass is 372 g/mol. The first-order valence-electron chi connectivity index (χ1n) is 8.43. The Morgan fingerprint density at radius 3 is 2.62 bits per heavy atom. The first kappa shape index (κ1) is 18.3. The van der Waals surface area contributed by atoms with Gasteiger partial charge in [0.05, 0.1) is 26.5 Å². The lowest BCUT2D eigenvalue weighted by Gasteiger charge is -2.37. The first-order chi connectivity index (χ1) is 12.6. The maximum atomic E-state index is 6.09. The zero-order chi connectivity index (χ0) is 18.7. The molecule has 1 aliphatic rings. The summed E-state index contributed by atoms with van der Waals surface area (Å²) < 4.78 is 11.0. The number of benzene rings is 2. The number of hydrogen-bond acceptors (Lipinski definition) is 5. The summed E-state index contributed by atoms with van der Waals surface area (Å²) in [6.07, 6.45) is 0.891. The van der Waals surface area contributed by atoms with Gasteiger partial charge in [-0.2, -0.15) is 0 Å². The minimum atomic E-state index is -0.0919. The fourth-order valence-corrected chi connectivity index (χ4v) is 3.59. The van der Waals surface area contributed by atoms with E-state index in [1.807, 2.05) is 17.0 Å². The molecular weight excluding hydrogens is 348 g/mol. The van der Waals surface area contributed by atoms with Crippen LogP contribution < -0.4 is 26.3 Å². The summed E-state index contributed by atoms with van der Waals surface area (Å²) in [5.41, 5.74) is 16.0. The molecule has 3 rings (SSSR count). The van der Waals surface area contributed by atoms with Crippen LogP contribution in [0.25, 0.3) is 0 Å². The smallest absolute Gasteiger partial charge is 0.184 e. The van der Waals surface area contributed by atoms with E-state index in [0.29, 0.717) is 28.8 Å². The van der Waals surface area contributed by atoms with Crippen LogP contribution in [0.2, 0.25) is 0 Å². The molecule has 5 N–H and O–H groups in total. The highest BCUT2D eigenvalue weighted by molar-refractivity contribution is 7.80. The Labute approximate surface area is 159 Å². The number of fused-ring (bicyclic) bond motifs is 1. The van der Waals surface area contributed by atoms with E-state index in [-0.39, 0.29) is 6.17 Å². The maximum Gasteiger partial charge on any atom is 0.184 e. The molecule has 26 heavy (non-hydrogen) atoms. The fourth-order valence-electron chi connectivity index (χ4n) is 3.42. The van der Waals surface area contributed by atoms with Gasteiger partial charge in [0.25, 0.3) is 0 Å². The van der Waals surface area contributed by atoms with Gasteiger partial charge in [0.2, 0.25) is 0 Å². The first-order valence-corrected chi connectivity index (χ1v) is 8.84. The predicted octanol–water partition coefficient (Wildman–Crippen LogP) is 2.18. The van der Waals surface area contributed by atoms with Crippen LogP contribution in [0.15, 0.2) is 36.4 Å². The van der Waals surface area contributed by atoms with Gasteiger partial charge < -0.3 is 25.8 Å². The molecule has 0 aromatic heterocycles. The molecule has 0 spiro atoms. The molecule has 2 aromatic carbocycles. The molecule has 1 heterocycles. The normalized spacial score (nSPS) is 15.8. The predicted molar refractivity (Wildman–Crippen MR) is 107 cm³/mol. The number of thiocarbonyl (C=S) groups is 1. The van der Waals surface area contributed by atoms with Crippen molar-refractivity contribution in [1.82, 2.24) is 10.2 Å². The molecule has 0 fully saturated rings. The van der Waals surface area contributed by atoms with Crippen LogP contribution in [0.4, 0.5) is 5.69 Å². The third-order valence-corrected chi connectivity index (χ3v) is 4.88. The van der Waals surface area contributed by atoms with Crippen molar-refractivity contribution in [3.63, 3.8) is 0 Å². The zero-order valence-corrected chi connectivity index (χ0v) is 15.8. The van der Waals surface area contributed by atoms with Gasteiger partial charge >= 0.3 is 0 Å².